The molecule has 0 bridgehead atoms. The summed E-state index contributed by atoms with van der Waals surface area (Å²) in [6.07, 6.45) is 0. The Morgan fingerprint density at radius 1 is 0.720 bits per heavy atom. The van der Waals surface area contributed by atoms with E-state index in [0.717, 1.165) is 10.8 Å². The topological polar surface area (TPSA) is 20.2 Å². The number of hydrogen-bond donors (Lipinski definition) is 1. The maximum absolute atomic E-state index is 14.7. The van der Waals surface area contributed by atoms with Crippen LogP contribution in [0.5, 0.6) is 5.75 Å². The van der Waals surface area contributed by atoms with Crippen molar-refractivity contribution in [2.75, 3.05) is 0 Å². The molecule has 0 aromatic heterocycles. The summed E-state index contributed by atoms with van der Waals surface area (Å²) in [6, 6.07) is 17.7. The van der Waals surface area contributed by atoms with Gasteiger partial charge in [0.1, 0.15) is 5.75 Å². The third-order valence-corrected chi connectivity index (χ3v) is 5.04. The molecule has 0 saturated heterocycles. The van der Waals surface area contributed by atoms with Crippen LogP contribution in [0.1, 0.15) is 5.56 Å². The van der Waals surface area contributed by atoms with Crippen LogP contribution in [-0.4, -0.2) is 5.11 Å². The van der Waals surface area contributed by atoms with Gasteiger partial charge in [-0.15, -0.1) is 0 Å². The number of halogens is 3. The van der Waals surface area contributed by atoms with Crippen molar-refractivity contribution in [2.45, 2.75) is 5.33 Å². The Labute approximate surface area is 151 Å². The minimum Gasteiger partial charge on any atom is -0.507 e. The van der Waals surface area contributed by atoms with Gasteiger partial charge in [-0.3, -0.25) is 0 Å². The molecule has 0 amide bonds. The van der Waals surface area contributed by atoms with Crippen molar-refractivity contribution in [1.29, 1.82) is 0 Å². The van der Waals surface area contributed by atoms with Crippen LogP contribution in [-0.2, 0) is 5.33 Å². The molecule has 0 fully saturated rings. The number of rotatable bonds is 2. The van der Waals surface area contributed by atoms with Gasteiger partial charge in [0.25, 0.3) is 0 Å². The standard InChI is InChI=1S/C21H13BrF2O/c22-11-16-18(14-7-3-4-8-15(14)20(23)21(16)24)19-13-6-2-1-5-12(13)9-10-17(19)25/h1-10,25H,11H2. The number of fused-ring (bicyclic) bond motifs is 2. The summed E-state index contributed by atoms with van der Waals surface area (Å²) >= 11 is 3.28. The van der Waals surface area contributed by atoms with Gasteiger partial charge < -0.3 is 5.11 Å². The van der Waals surface area contributed by atoms with E-state index < -0.39 is 11.6 Å². The lowest BCUT2D eigenvalue weighted by atomic mass is 9.89. The van der Waals surface area contributed by atoms with Crippen molar-refractivity contribution >= 4 is 37.5 Å². The van der Waals surface area contributed by atoms with E-state index in [9.17, 15) is 13.9 Å². The number of phenolic OH excluding ortho intramolecular Hbond substituents is 1. The van der Waals surface area contributed by atoms with E-state index in [1.54, 1.807) is 30.3 Å². The first kappa shape index (κ1) is 16.0. The Morgan fingerprint density at radius 3 is 2.08 bits per heavy atom. The summed E-state index contributed by atoms with van der Waals surface area (Å²) in [6.45, 7) is 0. The molecule has 0 saturated carbocycles. The highest BCUT2D eigenvalue weighted by Gasteiger charge is 2.23. The molecule has 0 heterocycles. The van der Waals surface area contributed by atoms with Crippen LogP contribution in [0.25, 0.3) is 32.7 Å². The normalized spacial score (nSPS) is 11.3. The molecule has 4 rings (SSSR count). The lowest BCUT2D eigenvalue weighted by molar-refractivity contribution is 0.478. The highest BCUT2D eigenvalue weighted by molar-refractivity contribution is 9.08. The van der Waals surface area contributed by atoms with Gasteiger partial charge in [-0.05, 0) is 22.2 Å². The van der Waals surface area contributed by atoms with Crippen LogP contribution in [0.4, 0.5) is 8.78 Å². The molecule has 0 aliphatic carbocycles. The first-order valence-corrected chi connectivity index (χ1v) is 8.91. The van der Waals surface area contributed by atoms with Crippen molar-refractivity contribution in [3.05, 3.63) is 77.9 Å². The first-order valence-electron chi connectivity index (χ1n) is 7.79. The van der Waals surface area contributed by atoms with Gasteiger partial charge >= 0.3 is 0 Å². The minimum absolute atomic E-state index is 0.0389. The summed E-state index contributed by atoms with van der Waals surface area (Å²) in [4.78, 5) is 0. The first-order chi connectivity index (χ1) is 12.1. The SMILES string of the molecule is Oc1ccc2ccccc2c1-c1c(CBr)c(F)c(F)c2ccccc12. The van der Waals surface area contributed by atoms with Gasteiger partial charge in [0.2, 0.25) is 0 Å². The minimum atomic E-state index is -0.891. The van der Waals surface area contributed by atoms with Crippen LogP contribution in [0.15, 0.2) is 60.7 Å². The maximum atomic E-state index is 14.7. The smallest absolute Gasteiger partial charge is 0.166 e. The van der Waals surface area contributed by atoms with Gasteiger partial charge in [0.05, 0.1) is 0 Å². The van der Waals surface area contributed by atoms with Crippen LogP contribution in [0, 0.1) is 11.6 Å². The largest absolute Gasteiger partial charge is 0.507 e. The monoisotopic (exact) mass is 398 g/mol. The Kier molecular flexibility index (Phi) is 3.92. The Balaban J connectivity index is 2.27. The summed E-state index contributed by atoms with van der Waals surface area (Å²) in [5.41, 5.74) is 1.23. The van der Waals surface area contributed by atoms with E-state index in [-0.39, 0.29) is 22.0 Å². The number of alkyl halides is 1. The molecule has 0 atom stereocenters. The average Bonchev–Trinajstić information content (AvgIpc) is 2.65. The van der Waals surface area contributed by atoms with E-state index in [1.165, 1.54) is 0 Å². The van der Waals surface area contributed by atoms with Crippen LogP contribution < -0.4 is 0 Å². The van der Waals surface area contributed by atoms with Crippen LogP contribution in [0.2, 0.25) is 0 Å². The molecule has 124 valence electrons. The van der Waals surface area contributed by atoms with Crippen molar-refractivity contribution < 1.29 is 13.9 Å². The van der Waals surface area contributed by atoms with Gasteiger partial charge in [0.15, 0.2) is 11.6 Å². The molecule has 0 aliphatic rings. The second kappa shape index (κ2) is 6.12. The predicted molar refractivity (Wildman–Crippen MR) is 101 cm³/mol. The maximum Gasteiger partial charge on any atom is 0.166 e. The highest BCUT2D eigenvalue weighted by atomic mass is 79.9. The molecular formula is C21H13BrF2O. The molecule has 0 aliphatic heterocycles. The van der Waals surface area contributed by atoms with Gasteiger partial charge in [-0.1, -0.05) is 70.5 Å². The summed E-state index contributed by atoms with van der Waals surface area (Å²) in [5, 5.41) is 13.2. The third-order valence-electron chi connectivity index (χ3n) is 4.48. The van der Waals surface area contributed by atoms with Gasteiger partial charge in [-0.2, -0.15) is 0 Å². The van der Waals surface area contributed by atoms with E-state index in [1.807, 2.05) is 30.3 Å². The molecular weight excluding hydrogens is 386 g/mol. The summed E-state index contributed by atoms with van der Waals surface area (Å²) < 4.78 is 29.2. The molecule has 25 heavy (non-hydrogen) atoms. The van der Waals surface area contributed by atoms with Crippen molar-refractivity contribution in [1.82, 2.24) is 0 Å². The predicted octanol–water partition coefficient (Wildman–Crippen LogP) is 6.54. The van der Waals surface area contributed by atoms with E-state index in [0.29, 0.717) is 16.5 Å². The van der Waals surface area contributed by atoms with Gasteiger partial charge in [0, 0.05) is 27.4 Å². The third kappa shape index (κ3) is 2.40. The van der Waals surface area contributed by atoms with Crippen LogP contribution in [0.3, 0.4) is 0 Å². The van der Waals surface area contributed by atoms with E-state index in [4.69, 9.17) is 0 Å². The summed E-state index contributed by atoms with van der Waals surface area (Å²) in [7, 11) is 0. The molecule has 1 nitrogen and oxygen atoms in total. The average molecular weight is 399 g/mol. The zero-order valence-electron chi connectivity index (χ0n) is 13.1. The van der Waals surface area contributed by atoms with E-state index in [2.05, 4.69) is 15.9 Å². The fraction of sp³-hybridized carbons (Fsp3) is 0.0476. The second-order valence-electron chi connectivity index (χ2n) is 5.84. The van der Waals surface area contributed by atoms with Gasteiger partial charge in [-0.25, -0.2) is 8.78 Å². The quantitative estimate of drug-likeness (QED) is 0.380. The Hall–Kier alpha value is -2.46. The molecule has 0 radical (unpaired) electrons. The zero-order valence-corrected chi connectivity index (χ0v) is 14.6. The molecule has 0 spiro atoms. The lowest BCUT2D eigenvalue weighted by Gasteiger charge is -2.17. The fourth-order valence-electron chi connectivity index (χ4n) is 3.35. The molecule has 0 unspecified atom stereocenters. The van der Waals surface area contributed by atoms with Crippen molar-refractivity contribution in [3.8, 4) is 16.9 Å². The molecule has 1 N–H and O–H groups in total. The zero-order chi connectivity index (χ0) is 17.6. The number of phenols is 1. The molecule has 4 aromatic carbocycles. The summed E-state index contributed by atoms with van der Waals surface area (Å²) in [5.74, 6) is -1.72. The Bertz CT molecular complexity index is 1120. The highest BCUT2D eigenvalue weighted by Crippen LogP contribution is 2.44. The van der Waals surface area contributed by atoms with Crippen LogP contribution >= 0.6 is 15.9 Å². The van der Waals surface area contributed by atoms with Crippen molar-refractivity contribution in [2.24, 2.45) is 0 Å². The molecule has 4 heteroatoms. The number of benzene rings is 4. The second-order valence-corrected chi connectivity index (χ2v) is 6.40. The lowest BCUT2D eigenvalue weighted by Crippen LogP contribution is -1.99. The van der Waals surface area contributed by atoms with Crippen molar-refractivity contribution in [3.63, 3.8) is 0 Å². The van der Waals surface area contributed by atoms with E-state index >= 15 is 0 Å². The Morgan fingerprint density at radius 2 is 1.36 bits per heavy atom. The molecule has 4 aromatic rings. The number of hydrogen-bond acceptors (Lipinski definition) is 1. The number of aromatic hydroxyl groups is 1. The fourth-order valence-corrected chi connectivity index (χ4v) is 3.88.